The van der Waals surface area contributed by atoms with Crippen LogP contribution in [0.2, 0.25) is 0 Å². The lowest BCUT2D eigenvalue weighted by atomic mass is 9.94. The molecule has 0 aliphatic carbocycles. The largest absolute Gasteiger partial charge is 0.394 e. The molecule has 9 nitrogen and oxygen atoms in total. The Morgan fingerprint density at radius 3 is 2.73 bits per heavy atom. The molecule has 22 heavy (non-hydrogen) atoms. The van der Waals surface area contributed by atoms with Crippen molar-refractivity contribution in [3.8, 4) is 11.4 Å². The molecule has 0 amide bonds. The van der Waals surface area contributed by atoms with Gasteiger partial charge in [-0.3, -0.25) is 0 Å². The topological polar surface area (TPSA) is 118 Å². The van der Waals surface area contributed by atoms with E-state index in [2.05, 4.69) is 15.3 Å². The summed E-state index contributed by atoms with van der Waals surface area (Å²) < 4.78 is 8.83. The Morgan fingerprint density at radius 1 is 1.32 bits per heavy atom. The highest BCUT2D eigenvalue weighted by atomic mass is 16.5. The lowest BCUT2D eigenvalue weighted by Gasteiger charge is -2.40. The molecule has 0 bridgehead atoms. The van der Waals surface area contributed by atoms with Crippen LogP contribution in [0.25, 0.3) is 11.4 Å². The molecule has 3 heterocycles. The van der Waals surface area contributed by atoms with Gasteiger partial charge >= 0.3 is 0 Å². The van der Waals surface area contributed by atoms with Crippen LogP contribution in [-0.2, 0) is 11.8 Å². The molecular formula is C13H19N5O4. The minimum atomic E-state index is -1.18. The normalized spacial score (nSPS) is 32.3. The fourth-order valence-electron chi connectivity index (χ4n) is 2.80. The molecule has 1 aliphatic rings. The van der Waals surface area contributed by atoms with Gasteiger partial charge in [0.25, 0.3) is 0 Å². The molecule has 5 atom stereocenters. The molecule has 1 aliphatic heterocycles. The van der Waals surface area contributed by atoms with E-state index in [1.165, 1.54) is 4.68 Å². The smallest absolute Gasteiger partial charge is 0.131 e. The van der Waals surface area contributed by atoms with Gasteiger partial charge in [-0.2, -0.15) is 0 Å². The monoisotopic (exact) mass is 309 g/mol. The van der Waals surface area contributed by atoms with E-state index in [0.29, 0.717) is 5.69 Å². The zero-order chi connectivity index (χ0) is 15.9. The molecule has 3 rings (SSSR count). The maximum Gasteiger partial charge on any atom is 0.131 e. The first-order valence-electron chi connectivity index (χ1n) is 7.04. The van der Waals surface area contributed by atoms with E-state index < -0.39 is 30.5 Å². The standard InChI is InChI=1S/C13H19N5O4/c1-7-11(13(21)12(20)10(5-19)22-7)18-4-8(15-16-18)9-3-14-6-17(9)2/h3-4,6-7,10-13,19-21H,5H2,1-2H3/t7-,10+,11-,12-,13+/m0/s1. The van der Waals surface area contributed by atoms with Gasteiger partial charge in [0.2, 0.25) is 0 Å². The van der Waals surface area contributed by atoms with Crippen LogP contribution in [0.3, 0.4) is 0 Å². The maximum absolute atomic E-state index is 10.3. The summed E-state index contributed by atoms with van der Waals surface area (Å²) in [4.78, 5) is 4.03. The first-order valence-corrected chi connectivity index (χ1v) is 7.04. The fraction of sp³-hybridized carbons (Fsp3) is 0.615. The Hall–Kier alpha value is -1.81. The van der Waals surface area contributed by atoms with Gasteiger partial charge in [0.1, 0.15) is 30.0 Å². The zero-order valence-electron chi connectivity index (χ0n) is 12.3. The second kappa shape index (κ2) is 5.76. The van der Waals surface area contributed by atoms with Gasteiger partial charge in [-0.15, -0.1) is 5.10 Å². The molecule has 2 aromatic rings. The highest BCUT2D eigenvalue weighted by molar-refractivity contribution is 5.51. The molecule has 0 saturated carbocycles. The van der Waals surface area contributed by atoms with Gasteiger partial charge in [-0.05, 0) is 6.92 Å². The van der Waals surface area contributed by atoms with E-state index >= 15 is 0 Å². The first-order chi connectivity index (χ1) is 10.5. The summed E-state index contributed by atoms with van der Waals surface area (Å²) in [5, 5.41) is 37.6. The summed E-state index contributed by atoms with van der Waals surface area (Å²) in [6.45, 7) is 1.40. The maximum atomic E-state index is 10.3. The molecule has 1 fully saturated rings. The van der Waals surface area contributed by atoms with E-state index in [0.717, 1.165) is 5.69 Å². The second-order valence-corrected chi connectivity index (χ2v) is 5.51. The summed E-state index contributed by atoms with van der Waals surface area (Å²) in [6.07, 6.45) is 1.47. The summed E-state index contributed by atoms with van der Waals surface area (Å²) in [5.74, 6) is 0. The number of aryl methyl sites for hydroxylation is 1. The summed E-state index contributed by atoms with van der Waals surface area (Å²) >= 11 is 0. The van der Waals surface area contributed by atoms with Crippen LogP contribution in [0.15, 0.2) is 18.7 Å². The van der Waals surface area contributed by atoms with Crippen molar-refractivity contribution in [2.45, 2.75) is 37.4 Å². The van der Waals surface area contributed by atoms with Gasteiger partial charge in [-0.25, -0.2) is 9.67 Å². The number of hydrogen-bond donors (Lipinski definition) is 3. The molecule has 2 aromatic heterocycles. The Bertz CT molecular complexity index is 642. The van der Waals surface area contributed by atoms with Gasteiger partial charge in [0.15, 0.2) is 0 Å². The number of aliphatic hydroxyl groups is 3. The number of rotatable bonds is 3. The predicted octanol–water partition coefficient (Wildman–Crippen LogP) is -1.28. The minimum absolute atomic E-state index is 0.354. The van der Waals surface area contributed by atoms with Crippen molar-refractivity contribution in [3.05, 3.63) is 18.7 Å². The number of aliphatic hydroxyl groups excluding tert-OH is 3. The Balaban J connectivity index is 1.88. The van der Waals surface area contributed by atoms with Crippen molar-refractivity contribution in [1.82, 2.24) is 24.5 Å². The van der Waals surface area contributed by atoms with Crippen LogP contribution >= 0.6 is 0 Å². The number of ether oxygens (including phenoxy) is 1. The van der Waals surface area contributed by atoms with Crippen molar-refractivity contribution in [2.24, 2.45) is 7.05 Å². The van der Waals surface area contributed by atoms with Crippen LogP contribution in [0.5, 0.6) is 0 Å². The Morgan fingerprint density at radius 2 is 2.09 bits per heavy atom. The molecule has 0 radical (unpaired) electrons. The highest BCUT2D eigenvalue weighted by Gasteiger charge is 2.43. The zero-order valence-corrected chi connectivity index (χ0v) is 12.3. The molecule has 0 aromatic carbocycles. The quantitative estimate of drug-likeness (QED) is 0.646. The van der Waals surface area contributed by atoms with Gasteiger partial charge < -0.3 is 24.6 Å². The predicted molar refractivity (Wildman–Crippen MR) is 74.7 cm³/mol. The van der Waals surface area contributed by atoms with Gasteiger partial charge in [0.05, 0.1) is 37.1 Å². The Labute approximate surface area is 126 Å². The van der Waals surface area contributed by atoms with E-state index in [4.69, 9.17) is 4.74 Å². The number of hydrogen-bond acceptors (Lipinski definition) is 7. The van der Waals surface area contributed by atoms with Crippen molar-refractivity contribution in [1.29, 1.82) is 0 Å². The SMILES string of the molecule is C[C@@H]1O[C@H](CO)[C@H](O)[C@H](O)[C@H]1n1cc(-c2cncn2C)nn1. The first kappa shape index (κ1) is 15.1. The van der Waals surface area contributed by atoms with E-state index in [1.54, 1.807) is 25.6 Å². The number of nitrogens with zero attached hydrogens (tertiary/aromatic N) is 5. The molecule has 9 heteroatoms. The molecule has 1 saturated heterocycles. The molecular weight excluding hydrogens is 290 g/mol. The van der Waals surface area contributed by atoms with Crippen molar-refractivity contribution in [2.75, 3.05) is 6.61 Å². The summed E-state index contributed by atoms with van der Waals surface area (Å²) in [6, 6.07) is -0.590. The lowest BCUT2D eigenvalue weighted by molar-refractivity contribution is -0.200. The average molecular weight is 309 g/mol. The van der Waals surface area contributed by atoms with Crippen LogP contribution in [0, 0.1) is 0 Å². The van der Waals surface area contributed by atoms with Crippen LogP contribution in [-0.4, -0.2) is 70.9 Å². The van der Waals surface area contributed by atoms with Crippen LogP contribution in [0.1, 0.15) is 13.0 Å². The number of aromatic nitrogens is 5. The summed E-state index contributed by atoms with van der Waals surface area (Å²) in [5.41, 5.74) is 1.40. The highest BCUT2D eigenvalue weighted by Crippen LogP contribution is 2.30. The van der Waals surface area contributed by atoms with Gasteiger partial charge in [0, 0.05) is 7.05 Å². The van der Waals surface area contributed by atoms with Crippen molar-refractivity contribution < 1.29 is 20.1 Å². The molecule has 0 spiro atoms. The average Bonchev–Trinajstić information content (AvgIpc) is 3.12. The van der Waals surface area contributed by atoms with Gasteiger partial charge in [-0.1, -0.05) is 5.21 Å². The Kier molecular flexibility index (Phi) is 3.96. The van der Waals surface area contributed by atoms with Crippen molar-refractivity contribution in [3.63, 3.8) is 0 Å². The minimum Gasteiger partial charge on any atom is -0.394 e. The molecule has 3 N–H and O–H groups in total. The summed E-state index contributed by atoms with van der Waals surface area (Å²) in [7, 11) is 1.85. The van der Waals surface area contributed by atoms with Crippen molar-refractivity contribution >= 4 is 0 Å². The number of imidazole rings is 1. The van der Waals surface area contributed by atoms with E-state index in [-0.39, 0.29) is 6.61 Å². The van der Waals surface area contributed by atoms with Crippen LogP contribution in [0.4, 0.5) is 0 Å². The second-order valence-electron chi connectivity index (χ2n) is 5.51. The fourth-order valence-corrected chi connectivity index (χ4v) is 2.80. The third-order valence-corrected chi connectivity index (χ3v) is 4.03. The molecule has 120 valence electrons. The lowest BCUT2D eigenvalue weighted by Crippen LogP contribution is -2.55. The third-order valence-electron chi connectivity index (χ3n) is 4.03. The third kappa shape index (κ3) is 2.41. The van der Waals surface area contributed by atoms with E-state index in [1.807, 2.05) is 11.6 Å². The van der Waals surface area contributed by atoms with E-state index in [9.17, 15) is 15.3 Å². The van der Waals surface area contributed by atoms with Crippen LogP contribution < -0.4 is 0 Å². The molecule has 0 unspecified atom stereocenters.